The van der Waals surface area contributed by atoms with E-state index in [0.29, 0.717) is 23.7 Å². The molecule has 0 bridgehead atoms. The average molecular weight is 217 g/mol. The fraction of sp³-hybridized carbons (Fsp3) is 0.308. The number of nitrogens with one attached hydrogen (secondary N) is 1. The first-order valence-corrected chi connectivity index (χ1v) is 5.02. The molecule has 3 heteroatoms. The molecule has 0 atom stereocenters. The van der Waals surface area contributed by atoms with E-state index in [1.54, 1.807) is 6.92 Å². The number of amidine groups is 1. The van der Waals surface area contributed by atoms with Crippen molar-refractivity contribution >= 4 is 5.84 Å². The number of nitrogens with zero attached hydrogens (tertiary/aromatic N) is 1. The van der Waals surface area contributed by atoms with Gasteiger partial charge >= 0.3 is 0 Å². The maximum absolute atomic E-state index is 5.75. The normalized spacial score (nSPS) is 11.4. The quantitative estimate of drug-likeness (QED) is 0.429. The van der Waals surface area contributed by atoms with Gasteiger partial charge in [-0.25, -0.2) is 4.99 Å². The lowest BCUT2D eigenvalue weighted by Crippen LogP contribution is -2.14. The molecule has 0 aromatic heterocycles. The standard InChI is InChI=1S/C13H19N3/c1-6-12(13(14)16-11(4)5)8-7-9-15-10(2)3/h6,15H,2,4,9H2,1,3,5H3,(H2,14,16)/b12-6-. The van der Waals surface area contributed by atoms with Crippen molar-refractivity contribution in [2.45, 2.75) is 20.8 Å². The van der Waals surface area contributed by atoms with Crippen molar-refractivity contribution in [3.05, 3.63) is 36.2 Å². The zero-order valence-corrected chi connectivity index (χ0v) is 10.2. The Morgan fingerprint density at radius 2 is 2.06 bits per heavy atom. The van der Waals surface area contributed by atoms with Crippen LogP contribution in [0.15, 0.2) is 41.2 Å². The molecular formula is C13H19N3. The van der Waals surface area contributed by atoms with Crippen LogP contribution in [0.25, 0.3) is 0 Å². The van der Waals surface area contributed by atoms with Crippen LogP contribution in [-0.4, -0.2) is 12.4 Å². The molecule has 0 aliphatic heterocycles. The predicted molar refractivity (Wildman–Crippen MR) is 70.8 cm³/mol. The number of nitrogens with two attached hydrogens (primary N) is 1. The first-order valence-electron chi connectivity index (χ1n) is 5.02. The Labute approximate surface area is 97.8 Å². The van der Waals surface area contributed by atoms with Crippen molar-refractivity contribution in [2.24, 2.45) is 10.7 Å². The van der Waals surface area contributed by atoms with Crippen molar-refractivity contribution < 1.29 is 0 Å². The van der Waals surface area contributed by atoms with Crippen LogP contribution >= 0.6 is 0 Å². The summed E-state index contributed by atoms with van der Waals surface area (Å²) >= 11 is 0. The number of hydrogen-bond acceptors (Lipinski definition) is 2. The minimum Gasteiger partial charge on any atom is -0.383 e. The highest BCUT2D eigenvalue weighted by Gasteiger charge is 1.96. The molecule has 0 unspecified atom stereocenters. The van der Waals surface area contributed by atoms with Crippen molar-refractivity contribution in [1.82, 2.24) is 5.32 Å². The molecule has 0 aliphatic carbocycles. The van der Waals surface area contributed by atoms with E-state index in [1.807, 2.05) is 19.9 Å². The molecule has 0 saturated carbocycles. The van der Waals surface area contributed by atoms with E-state index in [9.17, 15) is 0 Å². The molecule has 3 nitrogen and oxygen atoms in total. The zero-order chi connectivity index (χ0) is 12.6. The summed E-state index contributed by atoms with van der Waals surface area (Å²) in [7, 11) is 0. The average Bonchev–Trinajstić information content (AvgIpc) is 2.16. The maximum atomic E-state index is 5.75. The smallest absolute Gasteiger partial charge is 0.139 e. The molecule has 0 saturated heterocycles. The highest BCUT2D eigenvalue weighted by molar-refractivity contribution is 6.01. The molecule has 0 fully saturated rings. The first-order chi connectivity index (χ1) is 7.47. The van der Waals surface area contributed by atoms with E-state index < -0.39 is 0 Å². The number of rotatable bonds is 4. The zero-order valence-electron chi connectivity index (χ0n) is 10.2. The molecule has 16 heavy (non-hydrogen) atoms. The summed E-state index contributed by atoms with van der Waals surface area (Å²) in [5, 5.41) is 3.01. The Balaban J connectivity index is 4.54. The molecular weight excluding hydrogens is 198 g/mol. The number of allylic oxidation sites excluding steroid dienone is 3. The van der Waals surface area contributed by atoms with E-state index in [0.717, 1.165) is 5.70 Å². The Kier molecular flexibility index (Phi) is 6.46. The second-order valence-electron chi connectivity index (χ2n) is 3.37. The molecule has 86 valence electrons. The molecule has 0 heterocycles. The van der Waals surface area contributed by atoms with Gasteiger partial charge in [0, 0.05) is 11.4 Å². The Bertz CT molecular complexity index is 389. The van der Waals surface area contributed by atoms with Gasteiger partial charge in [0.1, 0.15) is 5.84 Å². The van der Waals surface area contributed by atoms with Gasteiger partial charge in [-0.1, -0.05) is 31.1 Å². The summed E-state index contributed by atoms with van der Waals surface area (Å²) in [4.78, 5) is 4.05. The van der Waals surface area contributed by atoms with Gasteiger partial charge in [0.25, 0.3) is 0 Å². The van der Waals surface area contributed by atoms with Crippen LogP contribution < -0.4 is 11.1 Å². The molecule has 0 aliphatic rings. The lowest BCUT2D eigenvalue weighted by molar-refractivity contribution is 0.927. The summed E-state index contributed by atoms with van der Waals surface area (Å²) in [6, 6.07) is 0. The lowest BCUT2D eigenvalue weighted by atomic mass is 10.2. The summed E-state index contributed by atoms with van der Waals surface area (Å²) in [6.07, 6.45) is 1.83. The van der Waals surface area contributed by atoms with Gasteiger partial charge in [0.05, 0.1) is 12.1 Å². The highest BCUT2D eigenvalue weighted by Crippen LogP contribution is 1.96. The third-order valence-corrected chi connectivity index (χ3v) is 1.58. The van der Waals surface area contributed by atoms with Crippen LogP contribution in [-0.2, 0) is 0 Å². The third-order valence-electron chi connectivity index (χ3n) is 1.58. The fourth-order valence-corrected chi connectivity index (χ4v) is 0.884. The van der Waals surface area contributed by atoms with E-state index in [4.69, 9.17) is 5.73 Å². The fourth-order valence-electron chi connectivity index (χ4n) is 0.884. The predicted octanol–water partition coefficient (Wildman–Crippen LogP) is 1.95. The second kappa shape index (κ2) is 7.36. The highest BCUT2D eigenvalue weighted by atomic mass is 14.9. The van der Waals surface area contributed by atoms with Gasteiger partial charge < -0.3 is 11.1 Å². The van der Waals surface area contributed by atoms with Crippen molar-refractivity contribution in [3.8, 4) is 11.8 Å². The second-order valence-corrected chi connectivity index (χ2v) is 3.37. The minimum absolute atomic E-state index is 0.401. The van der Waals surface area contributed by atoms with Gasteiger partial charge in [-0.3, -0.25) is 0 Å². The third kappa shape index (κ3) is 6.50. The van der Waals surface area contributed by atoms with Crippen molar-refractivity contribution in [3.63, 3.8) is 0 Å². The molecule has 3 N–H and O–H groups in total. The van der Waals surface area contributed by atoms with Gasteiger partial charge in [-0.2, -0.15) is 0 Å². The maximum Gasteiger partial charge on any atom is 0.139 e. The van der Waals surface area contributed by atoms with E-state index >= 15 is 0 Å². The summed E-state index contributed by atoms with van der Waals surface area (Å²) < 4.78 is 0. The van der Waals surface area contributed by atoms with E-state index in [2.05, 4.69) is 35.3 Å². The molecule has 0 radical (unpaired) electrons. The largest absolute Gasteiger partial charge is 0.383 e. The van der Waals surface area contributed by atoms with E-state index in [-0.39, 0.29) is 0 Å². The molecule has 0 aromatic carbocycles. The molecule has 0 rings (SSSR count). The summed E-state index contributed by atoms with van der Waals surface area (Å²) in [5.74, 6) is 6.28. The lowest BCUT2D eigenvalue weighted by Gasteiger charge is -1.99. The van der Waals surface area contributed by atoms with Gasteiger partial charge in [0.15, 0.2) is 0 Å². The minimum atomic E-state index is 0.401. The van der Waals surface area contributed by atoms with Crippen LogP contribution in [0.2, 0.25) is 0 Å². The number of aliphatic imine (C=N–C) groups is 1. The van der Waals surface area contributed by atoms with Gasteiger partial charge in [-0.15, -0.1) is 0 Å². The Morgan fingerprint density at radius 1 is 1.44 bits per heavy atom. The summed E-state index contributed by atoms with van der Waals surface area (Å²) in [5.41, 5.74) is 8.02. The first kappa shape index (κ1) is 14.1. The molecule has 0 spiro atoms. The molecule has 0 aromatic rings. The Hall–Kier alpha value is -1.95. The Morgan fingerprint density at radius 3 is 2.50 bits per heavy atom. The monoisotopic (exact) mass is 217 g/mol. The van der Waals surface area contributed by atoms with Crippen LogP contribution in [0.1, 0.15) is 20.8 Å². The van der Waals surface area contributed by atoms with Gasteiger partial charge in [0.2, 0.25) is 0 Å². The van der Waals surface area contributed by atoms with Gasteiger partial charge in [-0.05, 0) is 20.8 Å². The van der Waals surface area contributed by atoms with Crippen LogP contribution in [0, 0.1) is 11.8 Å². The summed E-state index contributed by atoms with van der Waals surface area (Å²) in [6.45, 7) is 13.5. The van der Waals surface area contributed by atoms with Crippen LogP contribution in [0.3, 0.4) is 0 Å². The molecule has 0 amide bonds. The van der Waals surface area contributed by atoms with Crippen LogP contribution in [0.5, 0.6) is 0 Å². The van der Waals surface area contributed by atoms with Crippen molar-refractivity contribution in [2.75, 3.05) is 6.54 Å². The van der Waals surface area contributed by atoms with E-state index in [1.165, 1.54) is 0 Å². The SMILES string of the molecule is C=C(C)N=C(N)/C(C#CCNC(=C)C)=C\C. The topological polar surface area (TPSA) is 50.4 Å². The number of hydrogen-bond donors (Lipinski definition) is 2. The van der Waals surface area contributed by atoms with Crippen molar-refractivity contribution in [1.29, 1.82) is 0 Å². The van der Waals surface area contributed by atoms with Crippen LogP contribution in [0.4, 0.5) is 0 Å².